The molecule has 0 amide bonds. The van der Waals surface area contributed by atoms with Crippen molar-refractivity contribution >= 4 is 35.6 Å². The molecule has 3 nitrogen and oxygen atoms in total. The molecule has 0 unspecified atom stereocenters. The van der Waals surface area contributed by atoms with Gasteiger partial charge in [0.2, 0.25) is 0 Å². The minimum Gasteiger partial charge on any atom is -0.489 e. The number of hydrogen-bond donors (Lipinski definition) is 1. The van der Waals surface area contributed by atoms with Gasteiger partial charge in [0.1, 0.15) is 12.4 Å². The normalized spacial score (nSPS) is 10.7. The predicted molar refractivity (Wildman–Crippen MR) is 112 cm³/mol. The van der Waals surface area contributed by atoms with E-state index in [0.29, 0.717) is 18.2 Å². The van der Waals surface area contributed by atoms with E-state index in [4.69, 9.17) is 32.7 Å². The zero-order chi connectivity index (χ0) is 18.1. The molecule has 0 aliphatic heterocycles. The van der Waals surface area contributed by atoms with Gasteiger partial charge in [-0.25, -0.2) is 0 Å². The fourth-order valence-electron chi connectivity index (χ4n) is 2.31. The molecule has 0 aromatic heterocycles. The predicted octanol–water partition coefficient (Wildman–Crippen LogP) is 5.90. The number of rotatable bonds is 10. The Morgan fingerprint density at radius 3 is 2.38 bits per heavy atom. The first kappa shape index (κ1) is 23.1. The lowest BCUT2D eigenvalue weighted by atomic mass is 10.2. The molecule has 0 spiro atoms. The Kier molecular flexibility index (Phi) is 11.0. The Morgan fingerprint density at radius 2 is 1.69 bits per heavy atom. The van der Waals surface area contributed by atoms with E-state index in [9.17, 15) is 0 Å². The van der Waals surface area contributed by atoms with Gasteiger partial charge >= 0.3 is 0 Å². The molecule has 2 aromatic carbocycles. The highest BCUT2D eigenvalue weighted by Gasteiger charge is 2.06. The Hall–Kier alpha value is -0.970. The van der Waals surface area contributed by atoms with Crippen LogP contribution in [0.4, 0.5) is 0 Å². The van der Waals surface area contributed by atoms with E-state index in [1.165, 1.54) is 0 Å². The van der Waals surface area contributed by atoms with Crippen LogP contribution in [0, 0.1) is 0 Å². The smallest absolute Gasteiger partial charge is 0.124 e. The maximum atomic E-state index is 6.13. The van der Waals surface area contributed by atoms with Gasteiger partial charge in [-0.05, 0) is 62.7 Å². The van der Waals surface area contributed by atoms with Crippen LogP contribution in [0.3, 0.4) is 0 Å². The molecule has 0 fully saturated rings. The van der Waals surface area contributed by atoms with Gasteiger partial charge in [0.05, 0.1) is 6.10 Å². The third-order valence-electron chi connectivity index (χ3n) is 3.59. The molecule has 2 rings (SSSR count). The zero-order valence-corrected chi connectivity index (χ0v) is 17.5. The molecule has 0 aliphatic carbocycles. The van der Waals surface area contributed by atoms with E-state index in [-0.39, 0.29) is 18.5 Å². The fourth-order valence-corrected chi connectivity index (χ4v) is 2.63. The van der Waals surface area contributed by atoms with Gasteiger partial charge in [-0.1, -0.05) is 35.3 Å². The summed E-state index contributed by atoms with van der Waals surface area (Å²) in [5.74, 6) is 0.838. The van der Waals surface area contributed by atoms with Crippen LogP contribution in [0.25, 0.3) is 0 Å². The van der Waals surface area contributed by atoms with E-state index >= 15 is 0 Å². The SMILES string of the molecule is CC(C)OCCCNCc1cc(Cl)ccc1OCc1ccc(Cl)cc1.Cl. The first-order chi connectivity index (χ1) is 12.0. The maximum Gasteiger partial charge on any atom is 0.124 e. The van der Waals surface area contributed by atoms with Gasteiger partial charge in [-0.2, -0.15) is 0 Å². The average molecular weight is 419 g/mol. The first-order valence-corrected chi connectivity index (χ1v) is 9.28. The van der Waals surface area contributed by atoms with Crippen molar-refractivity contribution < 1.29 is 9.47 Å². The van der Waals surface area contributed by atoms with Crippen molar-refractivity contribution in [2.45, 2.75) is 39.5 Å². The molecule has 26 heavy (non-hydrogen) atoms. The number of benzene rings is 2. The third kappa shape index (κ3) is 8.61. The van der Waals surface area contributed by atoms with E-state index in [1.807, 2.05) is 56.3 Å². The van der Waals surface area contributed by atoms with Crippen LogP contribution >= 0.6 is 35.6 Å². The third-order valence-corrected chi connectivity index (χ3v) is 4.08. The van der Waals surface area contributed by atoms with Gasteiger partial charge in [-0.3, -0.25) is 0 Å². The Bertz CT molecular complexity index is 648. The minimum absolute atomic E-state index is 0. The molecule has 0 saturated heterocycles. The Balaban J connectivity index is 0.00000338. The molecule has 0 radical (unpaired) electrons. The number of nitrogens with one attached hydrogen (secondary N) is 1. The van der Waals surface area contributed by atoms with Crippen molar-refractivity contribution in [2.24, 2.45) is 0 Å². The second-order valence-electron chi connectivity index (χ2n) is 6.12. The number of hydrogen-bond acceptors (Lipinski definition) is 3. The molecule has 0 heterocycles. The molecule has 0 atom stereocenters. The molecule has 0 bridgehead atoms. The molecule has 2 aromatic rings. The lowest BCUT2D eigenvalue weighted by Gasteiger charge is -2.13. The van der Waals surface area contributed by atoms with Crippen LogP contribution in [-0.2, 0) is 17.9 Å². The Labute approximate surface area is 172 Å². The van der Waals surface area contributed by atoms with Crippen LogP contribution in [0.15, 0.2) is 42.5 Å². The molecular weight excluding hydrogens is 393 g/mol. The highest BCUT2D eigenvalue weighted by atomic mass is 35.5. The molecule has 144 valence electrons. The summed E-state index contributed by atoms with van der Waals surface area (Å²) in [6.07, 6.45) is 1.25. The summed E-state index contributed by atoms with van der Waals surface area (Å²) in [4.78, 5) is 0. The van der Waals surface area contributed by atoms with Crippen LogP contribution in [0.5, 0.6) is 5.75 Å². The quantitative estimate of drug-likeness (QED) is 0.487. The van der Waals surface area contributed by atoms with Gasteiger partial charge < -0.3 is 14.8 Å². The van der Waals surface area contributed by atoms with Crippen LogP contribution < -0.4 is 10.1 Å². The lowest BCUT2D eigenvalue weighted by molar-refractivity contribution is 0.0770. The molecule has 0 saturated carbocycles. The molecule has 0 aliphatic rings. The van der Waals surface area contributed by atoms with Crippen LogP contribution in [0.1, 0.15) is 31.4 Å². The molecule has 6 heteroatoms. The first-order valence-electron chi connectivity index (χ1n) is 8.52. The van der Waals surface area contributed by atoms with Gasteiger partial charge in [0.15, 0.2) is 0 Å². The summed E-state index contributed by atoms with van der Waals surface area (Å²) >= 11 is 12.0. The summed E-state index contributed by atoms with van der Waals surface area (Å²) < 4.78 is 11.5. The number of halogens is 3. The maximum absolute atomic E-state index is 6.13. The lowest BCUT2D eigenvalue weighted by Crippen LogP contribution is -2.18. The van der Waals surface area contributed by atoms with Gasteiger partial charge in [0.25, 0.3) is 0 Å². The van der Waals surface area contributed by atoms with E-state index < -0.39 is 0 Å². The zero-order valence-electron chi connectivity index (χ0n) is 15.1. The average Bonchev–Trinajstić information content (AvgIpc) is 2.58. The monoisotopic (exact) mass is 417 g/mol. The summed E-state index contributed by atoms with van der Waals surface area (Å²) in [5.41, 5.74) is 2.12. The van der Waals surface area contributed by atoms with Crippen LogP contribution in [-0.4, -0.2) is 19.3 Å². The van der Waals surface area contributed by atoms with Gasteiger partial charge in [0, 0.05) is 28.8 Å². The van der Waals surface area contributed by atoms with Crippen molar-refractivity contribution in [3.63, 3.8) is 0 Å². The molecule has 1 N–H and O–H groups in total. The summed E-state index contributed by atoms with van der Waals surface area (Å²) in [6, 6.07) is 13.4. The highest BCUT2D eigenvalue weighted by Crippen LogP contribution is 2.24. The highest BCUT2D eigenvalue weighted by molar-refractivity contribution is 6.30. The van der Waals surface area contributed by atoms with Crippen molar-refractivity contribution in [3.05, 3.63) is 63.6 Å². The Morgan fingerprint density at radius 1 is 1.00 bits per heavy atom. The summed E-state index contributed by atoms with van der Waals surface area (Å²) in [5, 5.41) is 4.84. The van der Waals surface area contributed by atoms with Crippen molar-refractivity contribution in [1.29, 1.82) is 0 Å². The second kappa shape index (κ2) is 12.4. The minimum atomic E-state index is 0. The van der Waals surface area contributed by atoms with E-state index in [1.54, 1.807) is 0 Å². The van der Waals surface area contributed by atoms with Gasteiger partial charge in [-0.15, -0.1) is 12.4 Å². The fraction of sp³-hybridized carbons (Fsp3) is 0.400. The standard InChI is InChI=1S/C20H25Cl2NO2.ClH/c1-15(2)24-11-3-10-23-13-17-12-19(22)8-9-20(17)25-14-16-4-6-18(21)7-5-16;/h4-9,12,15,23H,3,10-11,13-14H2,1-2H3;1H. The van der Waals surface area contributed by atoms with Crippen molar-refractivity contribution in [3.8, 4) is 5.75 Å². The van der Waals surface area contributed by atoms with Crippen molar-refractivity contribution in [2.75, 3.05) is 13.2 Å². The largest absolute Gasteiger partial charge is 0.489 e. The second-order valence-corrected chi connectivity index (χ2v) is 6.99. The van der Waals surface area contributed by atoms with E-state index in [2.05, 4.69) is 5.32 Å². The topological polar surface area (TPSA) is 30.5 Å². The summed E-state index contributed by atoms with van der Waals surface area (Å²) in [6.45, 7) is 6.94. The summed E-state index contributed by atoms with van der Waals surface area (Å²) in [7, 11) is 0. The van der Waals surface area contributed by atoms with Crippen molar-refractivity contribution in [1.82, 2.24) is 5.32 Å². The molecular formula is C20H26Cl3NO2. The van der Waals surface area contributed by atoms with E-state index in [0.717, 1.165) is 41.5 Å². The number of ether oxygens (including phenoxy) is 2. The van der Waals surface area contributed by atoms with Crippen LogP contribution in [0.2, 0.25) is 10.0 Å².